The molecule has 1 aliphatic carbocycles. The van der Waals surface area contributed by atoms with E-state index in [4.69, 9.17) is 11.6 Å². The normalized spacial score (nSPS) is 30.2. The first-order valence-corrected chi connectivity index (χ1v) is 6.81. The van der Waals surface area contributed by atoms with Gasteiger partial charge in [-0.2, -0.15) is 0 Å². The predicted octanol–water partition coefficient (Wildman–Crippen LogP) is 2.96. The molecular formula is C14H15ClN2O2. The SMILES string of the molecule is CC12CCCC1NC(=O)N(c1ccccc1Cl)C2=O. The summed E-state index contributed by atoms with van der Waals surface area (Å²) in [5, 5.41) is 3.34. The highest BCUT2D eigenvalue weighted by Gasteiger charge is 2.53. The Balaban J connectivity index is 2.05. The molecule has 2 fully saturated rings. The van der Waals surface area contributed by atoms with Gasteiger partial charge >= 0.3 is 6.03 Å². The number of urea groups is 1. The molecule has 0 aromatic heterocycles. The molecular weight excluding hydrogens is 264 g/mol. The van der Waals surface area contributed by atoms with E-state index in [1.54, 1.807) is 24.3 Å². The molecule has 1 aromatic carbocycles. The first-order valence-electron chi connectivity index (χ1n) is 6.43. The van der Waals surface area contributed by atoms with Gasteiger partial charge in [-0.3, -0.25) is 4.79 Å². The lowest BCUT2D eigenvalue weighted by molar-refractivity contribution is -0.128. The highest BCUT2D eigenvalue weighted by atomic mass is 35.5. The van der Waals surface area contributed by atoms with Crippen molar-refractivity contribution in [2.45, 2.75) is 32.2 Å². The second kappa shape index (κ2) is 4.23. The Morgan fingerprint density at radius 3 is 2.84 bits per heavy atom. The van der Waals surface area contributed by atoms with Crippen LogP contribution >= 0.6 is 11.6 Å². The standard InChI is InChI=1S/C14H15ClN2O2/c1-14-8-4-7-11(14)16-13(19)17(12(14)18)10-6-3-2-5-9(10)15/h2-3,5-6,11H,4,7-8H2,1H3,(H,16,19). The van der Waals surface area contributed by atoms with Crippen LogP contribution in [0.25, 0.3) is 0 Å². The molecule has 0 radical (unpaired) electrons. The van der Waals surface area contributed by atoms with Gasteiger partial charge in [0, 0.05) is 6.04 Å². The fourth-order valence-corrected chi connectivity index (χ4v) is 3.29. The molecule has 1 aromatic rings. The second-order valence-electron chi connectivity index (χ2n) is 5.40. The summed E-state index contributed by atoms with van der Waals surface area (Å²) in [4.78, 5) is 26.1. The lowest BCUT2D eigenvalue weighted by atomic mass is 9.81. The van der Waals surface area contributed by atoms with Crippen LogP contribution in [0.1, 0.15) is 26.2 Å². The topological polar surface area (TPSA) is 49.4 Å². The second-order valence-corrected chi connectivity index (χ2v) is 5.81. The molecule has 3 amide bonds. The average molecular weight is 279 g/mol. The third-order valence-electron chi connectivity index (χ3n) is 4.24. The largest absolute Gasteiger partial charge is 0.334 e. The van der Waals surface area contributed by atoms with Crippen molar-refractivity contribution < 1.29 is 9.59 Å². The van der Waals surface area contributed by atoms with Gasteiger partial charge in [-0.1, -0.05) is 30.2 Å². The van der Waals surface area contributed by atoms with Crippen LogP contribution in [0.5, 0.6) is 0 Å². The lowest BCUT2D eigenvalue weighted by Crippen LogP contribution is -2.63. The zero-order valence-corrected chi connectivity index (χ0v) is 11.4. The summed E-state index contributed by atoms with van der Waals surface area (Å²) >= 11 is 6.10. The van der Waals surface area contributed by atoms with Crippen molar-refractivity contribution in [3.63, 3.8) is 0 Å². The molecule has 1 saturated carbocycles. The zero-order valence-electron chi connectivity index (χ0n) is 10.6. The van der Waals surface area contributed by atoms with E-state index in [1.165, 1.54) is 4.90 Å². The maximum atomic E-state index is 12.7. The van der Waals surface area contributed by atoms with Crippen LogP contribution in [0.4, 0.5) is 10.5 Å². The maximum absolute atomic E-state index is 12.7. The summed E-state index contributed by atoms with van der Waals surface area (Å²) in [7, 11) is 0. The highest BCUT2D eigenvalue weighted by molar-refractivity contribution is 6.35. The summed E-state index contributed by atoms with van der Waals surface area (Å²) in [6, 6.07) is 6.50. The van der Waals surface area contributed by atoms with Gasteiger partial charge in [0.15, 0.2) is 0 Å². The summed E-state index contributed by atoms with van der Waals surface area (Å²) in [6.07, 6.45) is 2.63. The minimum atomic E-state index is -0.507. The van der Waals surface area contributed by atoms with E-state index < -0.39 is 5.41 Å². The lowest BCUT2D eigenvalue weighted by Gasteiger charge is -2.41. The van der Waals surface area contributed by atoms with E-state index in [0.29, 0.717) is 10.7 Å². The molecule has 100 valence electrons. The maximum Gasteiger partial charge on any atom is 0.329 e. The van der Waals surface area contributed by atoms with Crippen molar-refractivity contribution in [1.29, 1.82) is 0 Å². The molecule has 1 heterocycles. The molecule has 2 unspecified atom stereocenters. The van der Waals surface area contributed by atoms with Gasteiger partial charge in [0.25, 0.3) is 0 Å². The molecule has 0 spiro atoms. The molecule has 1 aliphatic heterocycles. The number of amides is 3. The number of para-hydroxylation sites is 1. The fraction of sp³-hybridized carbons (Fsp3) is 0.429. The first-order chi connectivity index (χ1) is 9.04. The van der Waals surface area contributed by atoms with Crippen LogP contribution in [0, 0.1) is 5.41 Å². The highest BCUT2D eigenvalue weighted by Crippen LogP contribution is 2.43. The number of carbonyl (C=O) groups excluding carboxylic acids is 2. The molecule has 2 atom stereocenters. The fourth-order valence-electron chi connectivity index (χ4n) is 3.07. The Morgan fingerprint density at radius 2 is 2.11 bits per heavy atom. The van der Waals surface area contributed by atoms with Crippen molar-refractivity contribution in [3.05, 3.63) is 29.3 Å². The van der Waals surface area contributed by atoms with E-state index in [-0.39, 0.29) is 18.0 Å². The number of fused-ring (bicyclic) bond motifs is 1. The molecule has 1 saturated heterocycles. The van der Waals surface area contributed by atoms with E-state index in [2.05, 4.69) is 5.32 Å². The van der Waals surface area contributed by atoms with Crippen molar-refractivity contribution in [2.75, 3.05) is 4.90 Å². The molecule has 0 bridgehead atoms. The van der Waals surface area contributed by atoms with E-state index >= 15 is 0 Å². The van der Waals surface area contributed by atoms with Crippen molar-refractivity contribution >= 4 is 29.2 Å². The predicted molar refractivity (Wildman–Crippen MR) is 73.2 cm³/mol. The van der Waals surface area contributed by atoms with Crippen LogP contribution in [0.3, 0.4) is 0 Å². The van der Waals surface area contributed by atoms with E-state index in [1.807, 2.05) is 6.92 Å². The molecule has 5 heteroatoms. The number of nitrogens with zero attached hydrogens (tertiary/aromatic N) is 1. The Hall–Kier alpha value is -1.55. The van der Waals surface area contributed by atoms with Crippen LogP contribution in [0.15, 0.2) is 24.3 Å². The Bertz CT molecular complexity index is 560. The van der Waals surface area contributed by atoms with Gasteiger partial charge in [-0.15, -0.1) is 0 Å². The van der Waals surface area contributed by atoms with Gasteiger partial charge in [0.05, 0.1) is 16.1 Å². The van der Waals surface area contributed by atoms with Crippen LogP contribution in [-0.2, 0) is 4.79 Å². The van der Waals surface area contributed by atoms with E-state index in [9.17, 15) is 9.59 Å². The Morgan fingerprint density at radius 1 is 1.37 bits per heavy atom. The smallest absolute Gasteiger partial charge is 0.329 e. The number of halogens is 1. The minimum absolute atomic E-state index is 0.0498. The summed E-state index contributed by atoms with van der Waals surface area (Å²) in [5.41, 5.74) is -0.0502. The third-order valence-corrected chi connectivity index (χ3v) is 4.56. The van der Waals surface area contributed by atoms with Crippen LogP contribution in [-0.4, -0.2) is 18.0 Å². The van der Waals surface area contributed by atoms with Crippen molar-refractivity contribution in [2.24, 2.45) is 5.41 Å². The Kier molecular flexibility index (Phi) is 2.78. The van der Waals surface area contributed by atoms with Crippen LogP contribution < -0.4 is 10.2 Å². The molecule has 4 nitrogen and oxygen atoms in total. The van der Waals surface area contributed by atoms with Crippen molar-refractivity contribution in [1.82, 2.24) is 5.32 Å². The number of hydrogen-bond donors (Lipinski definition) is 1. The summed E-state index contributed by atoms with van der Waals surface area (Å²) in [5.74, 6) is -0.146. The quantitative estimate of drug-likeness (QED) is 0.859. The van der Waals surface area contributed by atoms with Crippen molar-refractivity contribution in [3.8, 4) is 0 Å². The number of carbonyl (C=O) groups is 2. The van der Waals surface area contributed by atoms with Gasteiger partial charge in [0.1, 0.15) is 0 Å². The molecule has 19 heavy (non-hydrogen) atoms. The first kappa shape index (κ1) is 12.5. The average Bonchev–Trinajstić information content (AvgIpc) is 2.75. The summed E-state index contributed by atoms with van der Waals surface area (Å²) in [6.45, 7) is 1.93. The number of nitrogens with one attached hydrogen (secondary N) is 1. The minimum Gasteiger partial charge on any atom is -0.334 e. The monoisotopic (exact) mass is 278 g/mol. The number of imide groups is 1. The van der Waals surface area contributed by atoms with E-state index in [0.717, 1.165) is 19.3 Å². The van der Waals surface area contributed by atoms with Gasteiger partial charge < -0.3 is 5.32 Å². The van der Waals surface area contributed by atoms with Crippen LogP contribution in [0.2, 0.25) is 5.02 Å². The summed E-state index contributed by atoms with van der Waals surface area (Å²) < 4.78 is 0. The number of anilines is 1. The molecule has 1 N–H and O–H groups in total. The third kappa shape index (κ3) is 1.74. The number of hydrogen-bond acceptors (Lipinski definition) is 2. The Labute approximate surface area is 116 Å². The molecule has 2 aliphatic rings. The molecule has 3 rings (SSSR count). The number of benzene rings is 1. The van der Waals surface area contributed by atoms with Gasteiger partial charge in [-0.05, 0) is 31.9 Å². The zero-order chi connectivity index (χ0) is 13.6. The number of rotatable bonds is 1. The van der Waals surface area contributed by atoms with Gasteiger partial charge in [-0.25, -0.2) is 9.69 Å². The van der Waals surface area contributed by atoms with Gasteiger partial charge in [0.2, 0.25) is 5.91 Å².